The van der Waals surface area contributed by atoms with E-state index in [2.05, 4.69) is 299 Å². The molecular weight excluding hydrogens is 2710 g/mol. The van der Waals surface area contributed by atoms with E-state index in [0.717, 1.165) is 38.1 Å². The SMILES string of the molecule is C.CC(C)(C)OC(=O)N(C(=O)OC(C)(C)C)c1nccc2cc(Nc3ncnc(-c4ccc(Cl)cc4)c3OCc3ccccc3)ccc12.Nc1nccc2cc(Nc3ncnc(-c4ccc(Cl)cc4)c3O)ccc12.PP(P)P(P)P(P(P)P)P(P(P(P(P)P)P(P)P)P(P(P)P)P(P)P)P(P(P(P(P)P)P(P)P)P(P(P)P)P(P)P)P(P(P(P)P)P(P)P)P(P(P)P)P(P)P. The number of carbonyl (C=O) groups is 2. The monoisotopic (exact) mass is 2830 g/mol. The van der Waals surface area contributed by atoms with Gasteiger partial charge < -0.3 is 35.7 Å². The van der Waals surface area contributed by atoms with Gasteiger partial charge in [0, 0.05) is 55.7 Å². The summed E-state index contributed by atoms with van der Waals surface area (Å²) in [4.78, 5) is 53.3. The van der Waals surface area contributed by atoms with Crippen molar-refractivity contribution in [3.05, 3.63) is 168 Å². The lowest BCUT2D eigenvalue weighted by Crippen LogP contribution is -2.44. The number of anilines is 6. The van der Waals surface area contributed by atoms with Gasteiger partial charge in [0.2, 0.25) is 0 Å². The van der Waals surface area contributed by atoms with Gasteiger partial charge in [-0.05, 0) is 319 Å². The van der Waals surface area contributed by atoms with Crippen LogP contribution in [0, 0.1) is 0 Å². The number of aromatic nitrogens is 6. The molecule has 4 heterocycles. The van der Waals surface area contributed by atoms with Crippen LogP contribution in [0.25, 0.3) is 44.1 Å². The number of imide groups is 1. The van der Waals surface area contributed by atoms with E-state index in [-0.39, 0.29) is 208 Å². The number of rotatable bonds is 36. The van der Waals surface area contributed by atoms with E-state index < -0.39 is 23.4 Å². The van der Waals surface area contributed by atoms with Crippen molar-refractivity contribution < 1.29 is 28.9 Å². The van der Waals surface area contributed by atoms with Crippen LogP contribution >= 0.6 is 471 Å². The summed E-state index contributed by atoms with van der Waals surface area (Å²) in [6.07, 6.45) is 4.23. The van der Waals surface area contributed by atoms with Crippen molar-refractivity contribution in [3.8, 4) is 34.0 Å². The van der Waals surface area contributed by atoms with E-state index in [1.807, 2.05) is 72.8 Å². The lowest BCUT2D eigenvalue weighted by molar-refractivity contribution is 0.0429. The van der Waals surface area contributed by atoms with E-state index in [4.69, 9.17) is 43.1 Å². The van der Waals surface area contributed by atoms with Crippen molar-refractivity contribution in [2.75, 3.05) is 21.3 Å². The molecule has 32 atom stereocenters. The Morgan fingerprint density at radius 2 is 0.723 bits per heavy atom. The van der Waals surface area contributed by atoms with Gasteiger partial charge in [-0.25, -0.2) is 39.5 Å². The summed E-state index contributed by atoms with van der Waals surface area (Å²) < 4.78 is 17.5. The summed E-state index contributed by atoms with van der Waals surface area (Å²) in [7, 11) is 102. The number of amides is 2. The second kappa shape index (κ2) is 66.5. The van der Waals surface area contributed by atoms with Crippen LogP contribution in [0.2, 0.25) is 10.0 Å². The summed E-state index contributed by atoms with van der Waals surface area (Å²) in [5.41, 5.74) is 9.14. The number of ether oxygens (including phenoxy) is 3. The van der Waals surface area contributed by atoms with Gasteiger partial charge in [-0.15, -0.1) is 259 Å². The van der Waals surface area contributed by atoms with Crippen LogP contribution in [-0.4, -0.2) is 58.4 Å². The standard InChI is InChI=1S/C36H36ClN5O5.C19H14ClN5O.CH4.H58P56/c1-35(2,3)46-33(43)42(34(44)47-36(4,5)6)32-28-17-16-27(20-25(28)18-19-38-32)41-31-30(45-21-23-10-8-7-9-11-23)29(39-22-40-31)24-12-14-26(37)15-13-24;20-13-3-1-11(2-4-13)16-17(26)19(24-10-23-16)25-14-5-6-15-12(9-14)7-8-22-18(15)21;;1-30(2)44(29)51(43(27)28)55(52(45(31(3)4)32(5)6)46(33(7)8)34(9)10)56(53(47(35(11)12)36(13)14)48(37(15)16)38(17)18)54(49(39(19)20)40(21)22)50(41(23)24)42(25)26/h7-20,22H,21H2,1-6H3,(H,39,40,41);1-10,26H,(H2,21,22)(H,23,24,25);1H4;1-29H2. The molecule has 0 aliphatic heterocycles. The van der Waals surface area contributed by atoms with Crippen molar-refractivity contribution in [1.29, 1.82) is 0 Å². The lowest BCUT2D eigenvalue weighted by Gasteiger charge is -2.59. The molecule has 0 fully saturated rings. The number of nitrogens with one attached hydrogen (secondary N) is 2. The molecule has 0 saturated carbocycles. The molecule has 4 aromatic heterocycles. The lowest BCUT2D eigenvalue weighted by atomic mass is 10.1. The van der Waals surface area contributed by atoms with Crippen LogP contribution in [0.5, 0.6) is 11.5 Å². The summed E-state index contributed by atoms with van der Waals surface area (Å²) in [5, 5.41) is 21.3. The third-order valence-electron chi connectivity index (χ3n) is 15.4. The molecule has 0 spiro atoms. The summed E-state index contributed by atoms with van der Waals surface area (Å²) >= 11 is 12.1. The van der Waals surface area contributed by atoms with E-state index >= 15 is 0 Å². The molecule has 716 valence electrons. The fourth-order valence-corrected chi connectivity index (χ4v) is 802. The summed E-state index contributed by atoms with van der Waals surface area (Å²) in [6, 6.07) is 38.9. The van der Waals surface area contributed by atoms with Crippen LogP contribution in [0.15, 0.2) is 152 Å². The molecule has 2 amide bonds. The Morgan fingerprint density at radius 1 is 0.392 bits per heavy atom. The first kappa shape index (κ1) is 134. The minimum Gasteiger partial charge on any atom is -0.503 e. The third kappa shape index (κ3) is 41.6. The molecule has 32 unspecified atom stereocenters. The zero-order valence-corrected chi connectivity index (χ0v) is 129. The number of carbonyl (C=O) groups excluding carboxylic acids is 2. The highest BCUT2D eigenvalue weighted by Gasteiger charge is 2.60. The van der Waals surface area contributed by atoms with E-state index in [1.165, 1.54) is 18.9 Å². The highest BCUT2D eigenvalue weighted by Crippen LogP contribution is 3.47. The molecule has 5 N–H and O–H groups in total. The van der Waals surface area contributed by atoms with Gasteiger partial charge in [0.05, 0.1) is 0 Å². The quantitative estimate of drug-likeness (QED) is 0.0269. The Labute approximate surface area is 877 Å². The number of fused-ring (bicyclic) bond motifs is 2. The van der Waals surface area contributed by atoms with Crippen molar-refractivity contribution in [3.63, 3.8) is 0 Å². The molecule has 0 saturated heterocycles. The first-order valence-corrected chi connectivity index (χ1v) is 138. The van der Waals surface area contributed by atoms with Gasteiger partial charge in [0.25, 0.3) is 0 Å². The number of hydrogen-bond donors (Lipinski definition) is 4. The Kier molecular flexibility index (Phi) is 68.6. The summed E-state index contributed by atoms with van der Waals surface area (Å²) in [6.45, 7) is 5.06. The average molecular weight is 2830 g/mol. The van der Waals surface area contributed by atoms with Gasteiger partial charge in [-0.2, -0.15) is 4.90 Å². The van der Waals surface area contributed by atoms with Crippen LogP contribution in [0.4, 0.5) is 44.2 Å². The first-order valence-electron chi connectivity index (χ1n) is 35.5. The van der Waals surface area contributed by atoms with Gasteiger partial charge in [0.1, 0.15) is 47.7 Å². The maximum atomic E-state index is 13.3. The molecule has 0 aliphatic carbocycles. The molecule has 0 aliphatic rings. The van der Waals surface area contributed by atoms with E-state index in [0.29, 0.717) is 67.7 Å². The molecule has 9 rings (SSSR count). The molecular formula is C56H112Cl2N10O6P56. The second-order valence-corrected chi connectivity index (χ2v) is 258. The molecule has 0 radical (unpaired) electrons. The van der Waals surface area contributed by atoms with Gasteiger partial charge in [-0.3, -0.25) is 0 Å². The average Bonchev–Trinajstić information content (AvgIpc) is 0.726. The van der Waals surface area contributed by atoms with Crippen molar-refractivity contribution >= 4 is 539 Å². The summed E-state index contributed by atoms with van der Waals surface area (Å²) in [5.74, 6) is 1.73. The second-order valence-electron chi connectivity index (χ2n) is 27.2. The molecule has 9 aromatic rings. The number of nitrogen functional groups attached to an aromatic ring is 1. The number of hydrogen-bond acceptors (Lipinski definition) is 15. The molecule has 5 aromatic carbocycles. The smallest absolute Gasteiger partial charge is 0.425 e. The minimum absolute atomic E-state index is 0. The molecule has 74 heteroatoms. The zero-order chi connectivity index (χ0) is 96.5. The minimum atomic E-state index is -0.898. The van der Waals surface area contributed by atoms with Crippen molar-refractivity contribution in [1.82, 2.24) is 29.9 Å². The number of halogens is 2. The maximum absolute atomic E-state index is 13.3. The molecule has 130 heavy (non-hydrogen) atoms. The predicted octanol–water partition coefficient (Wildman–Crippen LogP) is 47.1. The zero-order valence-electron chi connectivity index (χ0n) is 69.4. The Morgan fingerprint density at radius 3 is 1.10 bits per heavy atom. The topological polar surface area (TPSA) is 213 Å². The van der Waals surface area contributed by atoms with Crippen molar-refractivity contribution in [2.45, 2.75) is 66.8 Å². The number of nitrogens with zero attached hydrogens (tertiary/aromatic N) is 7. The Hall–Kier alpha value is 15.5. The van der Waals surface area contributed by atoms with Crippen LogP contribution in [0.3, 0.4) is 0 Å². The van der Waals surface area contributed by atoms with Crippen LogP contribution in [0.1, 0.15) is 54.5 Å². The number of nitrogens with two attached hydrogens (primary N) is 1. The number of benzene rings is 5. The van der Waals surface area contributed by atoms with Gasteiger partial charge >= 0.3 is 12.2 Å². The molecule has 16 nitrogen and oxygen atoms in total. The fourth-order valence-electron chi connectivity index (χ4n) is 10.5. The van der Waals surface area contributed by atoms with Gasteiger partial charge in [-0.1, -0.05) is 85.2 Å². The van der Waals surface area contributed by atoms with Crippen LogP contribution in [-0.2, 0) is 16.1 Å². The third-order valence-corrected chi connectivity index (χ3v) is 405. The Balaban J connectivity index is 0.000000316. The van der Waals surface area contributed by atoms with E-state index in [1.54, 1.807) is 102 Å². The number of pyridine rings is 2. The van der Waals surface area contributed by atoms with E-state index in [9.17, 15) is 14.7 Å². The Bertz CT molecular complexity index is 4890. The van der Waals surface area contributed by atoms with Crippen LogP contribution < -0.4 is 26.0 Å². The molecule has 0 bridgehead atoms. The van der Waals surface area contributed by atoms with Gasteiger partial charge in [0.15, 0.2) is 29.0 Å². The predicted molar refractivity (Wildman–Crippen MR) is 762 cm³/mol. The normalized spacial score (nSPS) is 13.2. The maximum Gasteiger partial charge on any atom is 0.425 e. The highest BCUT2D eigenvalue weighted by molar-refractivity contribution is 9.53. The fraction of sp³-hybridized carbons (Fsp3) is 0.179. The highest BCUT2D eigenvalue weighted by atomic mass is 35.5. The first-order chi connectivity index (χ1) is 60.3. The number of aromatic hydroxyl groups is 1. The largest absolute Gasteiger partial charge is 0.503 e. The van der Waals surface area contributed by atoms with Crippen molar-refractivity contribution in [2.24, 2.45) is 0 Å².